The predicted octanol–water partition coefficient (Wildman–Crippen LogP) is 4.59. The molecule has 2 aliphatic heterocycles. The molecule has 0 aliphatic carbocycles. The van der Waals surface area contributed by atoms with Gasteiger partial charge in [0.15, 0.2) is 24.1 Å². The van der Waals surface area contributed by atoms with Gasteiger partial charge < -0.3 is 28.4 Å². The van der Waals surface area contributed by atoms with Gasteiger partial charge in [-0.05, 0) is 48.5 Å². The molecule has 0 N–H and O–H groups in total. The van der Waals surface area contributed by atoms with Crippen molar-refractivity contribution in [3.63, 3.8) is 0 Å². The van der Waals surface area contributed by atoms with E-state index in [4.69, 9.17) is 28.4 Å². The lowest BCUT2D eigenvalue weighted by Gasteiger charge is -2.29. The van der Waals surface area contributed by atoms with Gasteiger partial charge in [-0.2, -0.15) is 0 Å². The van der Waals surface area contributed by atoms with E-state index < -0.39 is 0 Å². The SMILES string of the molecule is COc1c(OC2CCCCO2)c(C)c(Br)c(OC2CCCCO2)c1OC. The zero-order chi connectivity index (χ0) is 18.5. The molecule has 2 heterocycles. The van der Waals surface area contributed by atoms with Gasteiger partial charge in [-0.3, -0.25) is 0 Å². The van der Waals surface area contributed by atoms with Gasteiger partial charge in [0.2, 0.25) is 11.5 Å². The van der Waals surface area contributed by atoms with Crippen molar-refractivity contribution in [2.45, 2.75) is 58.0 Å². The Balaban J connectivity index is 1.93. The quantitative estimate of drug-likeness (QED) is 0.657. The summed E-state index contributed by atoms with van der Waals surface area (Å²) in [4.78, 5) is 0. The summed E-state index contributed by atoms with van der Waals surface area (Å²) in [6.45, 7) is 3.38. The van der Waals surface area contributed by atoms with E-state index in [1.807, 2.05) is 6.92 Å². The molecule has 1 aromatic rings. The minimum Gasteiger partial charge on any atom is -0.490 e. The average molecular weight is 431 g/mol. The summed E-state index contributed by atoms with van der Waals surface area (Å²) in [6.07, 6.45) is 5.45. The Morgan fingerprint density at radius 2 is 1.27 bits per heavy atom. The van der Waals surface area contributed by atoms with E-state index in [1.54, 1.807) is 14.2 Å². The number of hydrogen-bond acceptors (Lipinski definition) is 6. The number of ether oxygens (including phenoxy) is 6. The van der Waals surface area contributed by atoms with Crippen LogP contribution in [-0.4, -0.2) is 40.0 Å². The fourth-order valence-corrected chi connectivity index (χ4v) is 3.69. The molecule has 2 saturated heterocycles. The standard InChI is InChI=1S/C19H27BrO6/c1-12-15(20)17(26-14-9-5-7-11-24-14)19(22-3)18(21-2)16(12)25-13-8-4-6-10-23-13/h13-14H,4-11H2,1-3H3. The smallest absolute Gasteiger partial charge is 0.208 e. The normalized spacial score (nSPS) is 23.4. The third-order valence-corrected chi connectivity index (χ3v) is 5.63. The Bertz CT molecular complexity index is 556. The lowest BCUT2D eigenvalue weighted by molar-refractivity contribution is -0.109. The van der Waals surface area contributed by atoms with Crippen LogP contribution in [0.3, 0.4) is 0 Å². The van der Waals surface area contributed by atoms with Gasteiger partial charge in [0.25, 0.3) is 0 Å². The Morgan fingerprint density at radius 3 is 1.73 bits per heavy atom. The largest absolute Gasteiger partial charge is 0.490 e. The van der Waals surface area contributed by atoms with Crippen molar-refractivity contribution in [1.29, 1.82) is 0 Å². The zero-order valence-corrected chi connectivity index (χ0v) is 17.2. The molecule has 0 bridgehead atoms. The predicted molar refractivity (Wildman–Crippen MR) is 100 cm³/mol. The van der Waals surface area contributed by atoms with E-state index in [2.05, 4.69) is 15.9 Å². The fourth-order valence-electron chi connectivity index (χ4n) is 3.24. The van der Waals surface area contributed by atoms with Crippen LogP contribution in [0, 0.1) is 6.92 Å². The summed E-state index contributed by atoms with van der Waals surface area (Å²) in [5, 5.41) is 0. The summed E-state index contributed by atoms with van der Waals surface area (Å²) in [5.74, 6) is 2.18. The second-order valence-corrected chi connectivity index (χ2v) is 7.28. The van der Waals surface area contributed by atoms with Crippen LogP contribution in [0.15, 0.2) is 4.47 Å². The van der Waals surface area contributed by atoms with Crippen molar-refractivity contribution in [2.24, 2.45) is 0 Å². The number of hydrogen-bond donors (Lipinski definition) is 0. The second kappa shape index (κ2) is 9.15. The van der Waals surface area contributed by atoms with Gasteiger partial charge in [-0.25, -0.2) is 0 Å². The van der Waals surface area contributed by atoms with Gasteiger partial charge in [0.05, 0.1) is 31.9 Å². The maximum atomic E-state index is 6.13. The van der Waals surface area contributed by atoms with E-state index in [0.717, 1.165) is 48.6 Å². The van der Waals surface area contributed by atoms with Gasteiger partial charge in [-0.1, -0.05) is 0 Å². The molecule has 3 rings (SSSR count). The Hall–Kier alpha value is -1.18. The van der Waals surface area contributed by atoms with Crippen molar-refractivity contribution in [1.82, 2.24) is 0 Å². The molecule has 1 aromatic carbocycles. The third kappa shape index (κ3) is 4.21. The fraction of sp³-hybridized carbons (Fsp3) is 0.684. The maximum Gasteiger partial charge on any atom is 0.208 e. The summed E-state index contributed by atoms with van der Waals surface area (Å²) in [7, 11) is 3.19. The van der Waals surface area contributed by atoms with Crippen molar-refractivity contribution < 1.29 is 28.4 Å². The van der Waals surface area contributed by atoms with Crippen LogP contribution in [0.25, 0.3) is 0 Å². The van der Waals surface area contributed by atoms with E-state index >= 15 is 0 Å². The van der Waals surface area contributed by atoms with Gasteiger partial charge in [0.1, 0.15) is 0 Å². The molecule has 0 radical (unpaired) electrons. The van der Waals surface area contributed by atoms with Crippen LogP contribution >= 0.6 is 15.9 Å². The topological polar surface area (TPSA) is 55.4 Å². The highest BCUT2D eigenvalue weighted by atomic mass is 79.9. The summed E-state index contributed by atoms with van der Waals surface area (Å²) < 4.78 is 35.7. The van der Waals surface area contributed by atoms with Crippen LogP contribution < -0.4 is 18.9 Å². The van der Waals surface area contributed by atoms with Crippen LogP contribution in [0.4, 0.5) is 0 Å². The minimum absolute atomic E-state index is 0.276. The Labute approximate surface area is 163 Å². The van der Waals surface area contributed by atoms with Crippen LogP contribution in [0.2, 0.25) is 0 Å². The molecule has 146 valence electrons. The highest BCUT2D eigenvalue weighted by Gasteiger charge is 2.29. The van der Waals surface area contributed by atoms with Crippen LogP contribution in [0.1, 0.15) is 44.1 Å². The van der Waals surface area contributed by atoms with Crippen molar-refractivity contribution in [2.75, 3.05) is 27.4 Å². The van der Waals surface area contributed by atoms with Gasteiger partial charge in [-0.15, -0.1) is 0 Å². The third-order valence-electron chi connectivity index (χ3n) is 4.67. The maximum absolute atomic E-state index is 6.13. The molecule has 2 aliphatic rings. The molecule has 0 saturated carbocycles. The zero-order valence-electron chi connectivity index (χ0n) is 15.6. The first kappa shape index (κ1) is 19.6. The number of rotatable bonds is 6. The molecule has 6 nitrogen and oxygen atoms in total. The first-order chi connectivity index (χ1) is 12.7. The van der Waals surface area contributed by atoms with Gasteiger partial charge >= 0.3 is 0 Å². The second-order valence-electron chi connectivity index (χ2n) is 6.49. The van der Waals surface area contributed by atoms with Crippen LogP contribution in [-0.2, 0) is 9.47 Å². The Kier molecular flexibility index (Phi) is 6.89. The highest BCUT2D eigenvalue weighted by Crippen LogP contribution is 2.52. The molecule has 7 heteroatoms. The van der Waals surface area contributed by atoms with E-state index in [1.165, 1.54) is 0 Å². The number of halogens is 1. The number of methoxy groups -OCH3 is 2. The molecule has 0 aromatic heterocycles. The van der Waals surface area contributed by atoms with E-state index in [9.17, 15) is 0 Å². The van der Waals surface area contributed by atoms with E-state index in [-0.39, 0.29) is 12.6 Å². The van der Waals surface area contributed by atoms with Crippen molar-refractivity contribution in [3.05, 3.63) is 10.0 Å². The molecule has 26 heavy (non-hydrogen) atoms. The minimum atomic E-state index is -0.286. The first-order valence-electron chi connectivity index (χ1n) is 9.16. The van der Waals surface area contributed by atoms with Crippen molar-refractivity contribution >= 4 is 15.9 Å². The lowest BCUT2D eigenvalue weighted by Crippen LogP contribution is -2.26. The van der Waals surface area contributed by atoms with Gasteiger partial charge in [0, 0.05) is 18.4 Å². The Morgan fingerprint density at radius 1 is 0.769 bits per heavy atom. The highest BCUT2D eigenvalue weighted by molar-refractivity contribution is 9.10. The van der Waals surface area contributed by atoms with Crippen LogP contribution in [0.5, 0.6) is 23.0 Å². The molecular weight excluding hydrogens is 404 g/mol. The summed E-state index contributed by atoms with van der Waals surface area (Å²) in [5.41, 5.74) is 0.877. The average Bonchev–Trinajstić information content (AvgIpc) is 2.69. The molecule has 2 unspecified atom stereocenters. The lowest BCUT2D eigenvalue weighted by atomic mass is 10.1. The number of benzene rings is 1. The van der Waals surface area contributed by atoms with E-state index in [0.29, 0.717) is 36.2 Å². The molecular formula is C19H27BrO6. The molecule has 2 fully saturated rings. The summed E-state index contributed by atoms with van der Waals surface area (Å²) in [6, 6.07) is 0. The monoisotopic (exact) mass is 430 g/mol. The van der Waals surface area contributed by atoms with Crippen molar-refractivity contribution in [3.8, 4) is 23.0 Å². The summed E-state index contributed by atoms with van der Waals surface area (Å²) >= 11 is 3.64. The molecule has 0 spiro atoms. The molecule has 0 amide bonds. The first-order valence-corrected chi connectivity index (χ1v) is 9.95. The molecule has 2 atom stereocenters.